The highest BCUT2D eigenvalue weighted by Gasteiger charge is 2.06. The van der Waals surface area contributed by atoms with Gasteiger partial charge in [-0.15, -0.1) is 0 Å². The van der Waals surface area contributed by atoms with Crippen LogP contribution in [0.3, 0.4) is 0 Å². The Morgan fingerprint density at radius 3 is 2.47 bits per heavy atom. The summed E-state index contributed by atoms with van der Waals surface area (Å²) in [6, 6.07) is 6.48. The van der Waals surface area contributed by atoms with Crippen LogP contribution in [0.25, 0.3) is 6.08 Å². The lowest BCUT2D eigenvalue weighted by molar-refractivity contribution is 0.230. The van der Waals surface area contributed by atoms with Crippen LogP contribution < -0.4 is 14.8 Å². The van der Waals surface area contributed by atoms with Gasteiger partial charge >= 0.3 is 0 Å². The van der Waals surface area contributed by atoms with E-state index < -0.39 is 0 Å². The van der Waals surface area contributed by atoms with Gasteiger partial charge in [-0.3, -0.25) is 0 Å². The zero-order chi connectivity index (χ0) is 14.3. The molecule has 1 aromatic carbocycles. The Labute approximate surface area is 116 Å². The molecule has 0 saturated carbocycles. The molecule has 1 rings (SSSR count). The molecule has 19 heavy (non-hydrogen) atoms. The van der Waals surface area contributed by atoms with E-state index in [1.165, 1.54) is 0 Å². The van der Waals surface area contributed by atoms with E-state index in [9.17, 15) is 0 Å². The van der Waals surface area contributed by atoms with Gasteiger partial charge < -0.3 is 14.8 Å². The molecule has 0 radical (unpaired) electrons. The molecule has 1 aromatic rings. The first-order chi connectivity index (χ1) is 9.02. The average Bonchev–Trinajstić information content (AvgIpc) is 2.35. The molecule has 0 heterocycles. The maximum Gasteiger partial charge on any atom is 0.161 e. The van der Waals surface area contributed by atoms with Crippen LogP contribution in [0.4, 0.5) is 0 Å². The van der Waals surface area contributed by atoms with Gasteiger partial charge in [0, 0.05) is 12.6 Å². The number of methoxy groups -OCH3 is 1. The molecule has 0 atom stereocenters. The van der Waals surface area contributed by atoms with Crippen molar-refractivity contribution in [2.75, 3.05) is 13.7 Å². The Hall–Kier alpha value is -1.48. The zero-order valence-electron chi connectivity index (χ0n) is 12.6. The van der Waals surface area contributed by atoms with Gasteiger partial charge in [-0.2, -0.15) is 0 Å². The van der Waals surface area contributed by atoms with E-state index in [2.05, 4.69) is 31.3 Å². The number of rotatable bonds is 7. The summed E-state index contributed by atoms with van der Waals surface area (Å²) in [6.07, 6.45) is 4.33. The number of hydrogen-bond donors (Lipinski definition) is 1. The molecule has 0 spiro atoms. The van der Waals surface area contributed by atoms with Crippen molar-refractivity contribution in [3.63, 3.8) is 0 Å². The first kappa shape index (κ1) is 15.6. The predicted octanol–water partition coefficient (Wildman–Crippen LogP) is 3.49. The largest absolute Gasteiger partial charge is 0.493 e. The molecular formula is C16H25NO2. The summed E-state index contributed by atoms with van der Waals surface area (Å²) in [7, 11) is 1.66. The molecule has 0 saturated heterocycles. The predicted molar refractivity (Wildman–Crippen MR) is 80.9 cm³/mol. The lowest BCUT2D eigenvalue weighted by atomic mass is 10.2. The zero-order valence-corrected chi connectivity index (χ0v) is 12.6. The van der Waals surface area contributed by atoms with Crippen molar-refractivity contribution >= 4 is 6.08 Å². The van der Waals surface area contributed by atoms with Gasteiger partial charge in [-0.1, -0.05) is 32.1 Å². The summed E-state index contributed by atoms with van der Waals surface area (Å²) in [5.74, 6) is 1.56. The maximum atomic E-state index is 5.69. The van der Waals surface area contributed by atoms with E-state index in [0.29, 0.717) is 6.04 Å². The average molecular weight is 263 g/mol. The third-order valence-electron chi connectivity index (χ3n) is 2.50. The quantitative estimate of drug-likeness (QED) is 0.817. The molecule has 3 heteroatoms. The number of benzene rings is 1. The lowest BCUT2D eigenvalue weighted by Crippen LogP contribution is -2.22. The van der Waals surface area contributed by atoms with Crippen LogP contribution in [0, 0.1) is 0 Å². The van der Waals surface area contributed by atoms with Crippen molar-refractivity contribution in [2.45, 2.75) is 39.8 Å². The number of ether oxygens (including phenoxy) is 2. The Balaban J connectivity index is 2.71. The Bertz CT molecular complexity index is 411. The summed E-state index contributed by atoms with van der Waals surface area (Å²) >= 11 is 0. The molecule has 0 fully saturated rings. The van der Waals surface area contributed by atoms with Crippen LogP contribution in [0.5, 0.6) is 11.5 Å². The minimum Gasteiger partial charge on any atom is -0.493 e. The van der Waals surface area contributed by atoms with Crippen LogP contribution in [0.15, 0.2) is 24.3 Å². The van der Waals surface area contributed by atoms with Crippen LogP contribution >= 0.6 is 0 Å². The summed E-state index contributed by atoms with van der Waals surface area (Å²) in [6.45, 7) is 9.14. The molecule has 0 aromatic heterocycles. The summed E-state index contributed by atoms with van der Waals surface area (Å²) in [5.41, 5.74) is 1.11. The van der Waals surface area contributed by atoms with Crippen LogP contribution in [-0.4, -0.2) is 25.8 Å². The smallest absolute Gasteiger partial charge is 0.161 e. The minimum atomic E-state index is 0.144. The Kier molecular flexibility index (Phi) is 6.43. The topological polar surface area (TPSA) is 30.5 Å². The van der Waals surface area contributed by atoms with E-state index in [0.717, 1.165) is 23.6 Å². The van der Waals surface area contributed by atoms with E-state index in [1.807, 2.05) is 32.0 Å². The highest BCUT2D eigenvalue weighted by molar-refractivity contribution is 5.56. The second-order valence-corrected chi connectivity index (χ2v) is 5.04. The summed E-state index contributed by atoms with van der Waals surface area (Å²) in [5, 5.41) is 3.34. The third kappa shape index (κ3) is 5.79. The third-order valence-corrected chi connectivity index (χ3v) is 2.50. The first-order valence-electron chi connectivity index (χ1n) is 6.77. The Morgan fingerprint density at radius 1 is 1.16 bits per heavy atom. The second-order valence-electron chi connectivity index (χ2n) is 5.04. The van der Waals surface area contributed by atoms with Gasteiger partial charge in [0.15, 0.2) is 11.5 Å². The molecule has 0 aliphatic carbocycles. The van der Waals surface area contributed by atoms with E-state index in [-0.39, 0.29) is 6.10 Å². The fourth-order valence-corrected chi connectivity index (χ4v) is 1.64. The molecule has 0 amide bonds. The van der Waals surface area contributed by atoms with Crippen molar-refractivity contribution < 1.29 is 9.47 Å². The molecule has 3 nitrogen and oxygen atoms in total. The minimum absolute atomic E-state index is 0.144. The molecule has 0 aliphatic rings. The molecular weight excluding hydrogens is 238 g/mol. The highest BCUT2D eigenvalue weighted by Crippen LogP contribution is 2.29. The standard InChI is InChI=1S/C16H25NO2/c1-12(2)17-10-6-7-14-8-9-15(19-13(3)4)16(11-14)18-5/h6-9,11-13,17H,10H2,1-5H3. The highest BCUT2D eigenvalue weighted by atomic mass is 16.5. The number of nitrogens with one attached hydrogen (secondary N) is 1. The van der Waals surface area contributed by atoms with Crippen LogP contribution in [-0.2, 0) is 0 Å². The van der Waals surface area contributed by atoms with Gasteiger partial charge in [0.1, 0.15) is 0 Å². The molecule has 0 aliphatic heterocycles. The van der Waals surface area contributed by atoms with Crippen molar-refractivity contribution in [2.24, 2.45) is 0 Å². The maximum absolute atomic E-state index is 5.69. The molecule has 0 bridgehead atoms. The lowest BCUT2D eigenvalue weighted by Gasteiger charge is -2.13. The summed E-state index contributed by atoms with van der Waals surface area (Å²) < 4.78 is 11.0. The monoisotopic (exact) mass is 263 g/mol. The Morgan fingerprint density at radius 2 is 1.89 bits per heavy atom. The molecule has 106 valence electrons. The summed E-state index contributed by atoms with van der Waals surface area (Å²) in [4.78, 5) is 0. The van der Waals surface area contributed by atoms with Gasteiger partial charge in [0.25, 0.3) is 0 Å². The fourth-order valence-electron chi connectivity index (χ4n) is 1.64. The van der Waals surface area contributed by atoms with Crippen LogP contribution in [0.1, 0.15) is 33.3 Å². The van der Waals surface area contributed by atoms with Gasteiger partial charge in [0.05, 0.1) is 13.2 Å². The molecule has 0 unspecified atom stereocenters. The van der Waals surface area contributed by atoms with E-state index in [1.54, 1.807) is 7.11 Å². The van der Waals surface area contributed by atoms with Crippen molar-refractivity contribution in [3.8, 4) is 11.5 Å². The van der Waals surface area contributed by atoms with Gasteiger partial charge in [-0.05, 0) is 31.5 Å². The van der Waals surface area contributed by atoms with Crippen molar-refractivity contribution in [1.29, 1.82) is 0 Å². The van der Waals surface area contributed by atoms with Crippen LogP contribution in [0.2, 0.25) is 0 Å². The first-order valence-corrected chi connectivity index (χ1v) is 6.77. The van der Waals surface area contributed by atoms with Gasteiger partial charge in [-0.25, -0.2) is 0 Å². The SMILES string of the molecule is COc1cc(C=CCNC(C)C)ccc1OC(C)C. The second kappa shape index (κ2) is 7.85. The van der Waals surface area contributed by atoms with Crippen molar-refractivity contribution in [3.05, 3.63) is 29.8 Å². The number of hydrogen-bond acceptors (Lipinski definition) is 3. The van der Waals surface area contributed by atoms with E-state index in [4.69, 9.17) is 9.47 Å². The van der Waals surface area contributed by atoms with Crippen molar-refractivity contribution in [1.82, 2.24) is 5.32 Å². The fraction of sp³-hybridized carbons (Fsp3) is 0.500. The molecule has 1 N–H and O–H groups in total. The van der Waals surface area contributed by atoms with Gasteiger partial charge in [0.2, 0.25) is 0 Å². The van der Waals surface area contributed by atoms with E-state index >= 15 is 0 Å². The normalized spacial score (nSPS) is 11.5.